The first-order valence-electron chi connectivity index (χ1n) is 4.12. The minimum Gasteiger partial charge on any atom is -0.384 e. The van der Waals surface area contributed by atoms with Crippen LogP contribution in [-0.4, -0.2) is 24.6 Å². The molecule has 76 valence electrons. The topological polar surface area (TPSA) is 51.2 Å². The lowest BCUT2D eigenvalue weighted by Crippen LogP contribution is -2.13. The van der Waals surface area contributed by atoms with E-state index in [9.17, 15) is 4.79 Å². The maximum atomic E-state index is 11.3. The summed E-state index contributed by atoms with van der Waals surface area (Å²) in [7, 11) is 1.57. The second-order valence-electron chi connectivity index (χ2n) is 2.66. The molecule has 0 aliphatic heterocycles. The third kappa shape index (κ3) is 3.85. The van der Waals surface area contributed by atoms with Gasteiger partial charge in [-0.25, -0.2) is 4.98 Å². The van der Waals surface area contributed by atoms with Crippen LogP contribution in [0.5, 0.6) is 0 Å². The predicted octanol–water partition coefficient (Wildman–Crippen LogP) is 1.82. The lowest BCUT2D eigenvalue weighted by Gasteiger charge is -2.04. The minimum absolute atomic E-state index is 0.0649. The van der Waals surface area contributed by atoms with Gasteiger partial charge in [0.2, 0.25) is 5.91 Å². The highest BCUT2D eigenvalue weighted by Gasteiger charge is 2.01. The molecule has 4 nitrogen and oxygen atoms in total. The summed E-state index contributed by atoms with van der Waals surface area (Å²) in [5.41, 5.74) is 0.730. The molecular formula is C9H11BrN2O2. The SMILES string of the molecule is COCCC(=O)Nc1ccnc(Br)c1. The Balaban J connectivity index is 2.47. The summed E-state index contributed by atoms with van der Waals surface area (Å²) in [6, 6.07) is 3.47. The van der Waals surface area contributed by atoms with E-state index in [1.807, 2.05) is 0 Å². The zero-order valence-corrected chi connectivity index (χ0v) is 9.37. The van der Waals surface area contributed by atoms with Crippen LogP contribution >= 0.6 is 15.9 Å². The molecule has 0 aromatic carbocycles. The first-order chi connectivity index (χ1) is 6.72. The van der Waals surface area contributed by atoms with Crippen molar-refractivity contribution in [2.24, 2.45) is 0 Å². The van der Waals surface area contributed by atoms with Crippen LogP contribution in [0.4, 0.5) is 5.69 Å². The molecule has 1 aromatic rings. The van der Waals surface area contributed by atoms with E-state index in [1.54, 1.807) is 25.4 Å². The monoisotopic (exact) mass is 258 g/mol. The van der Waals surface area contributed by atoms with Gasteiger partial charge in [-0.15, -0.1) is 0 Å². The number of hydrogen-bond donors (Lipinski definition) is 1. The van der Waals surface area contributed by atoms with Gasteiger partial charge in [0.15, 0.2) is 0 Å². The van der Waals surface area contributed by atoms with Crippen LogP contribution in [0.2, 0.25) is 0 Å². The number of nitrogens with zero attached hydrogens (tertiary/aromatic N) is 1. The Hall–Kier alpha value is -0.940. The Morgan fingerprint density at radius 1 is 1.71 bits per heavy atom. The van der Waals surface area contributed by atoms with E-state index in [-0.39, 0.29) is 5.91 Å². The molecule has 0 unspecified atom stereocenters. The Kier molecular flexibility index (Phi) is 4.55. The number of ether oxygens (including phenoxy) is 1. The van der Waals surface area contributed by atoms with Crippen molar-refractivity contribution in [1.29, 1.82) is 0 Å². The van der Waals surface area contributed by atoms with Gasteiger partial charge in [-0.2, -0.15) is 0 Å². The van der Waals surface area contributed by atoms with Crippen LogP contribution in [0.15, 0.2) is 22.9 Å². The molecule has 1 amide bonds. The smallest absolute Gasteiger partial charge is 0.226 e. The molecule has 0 bridgehead atoms. The zero-order valence-electron chi connectivity index (χ0n) is 7.79. The number of carbonyl (C=O) groups excluding carboxylic acids is 1. The number of aromatic nitrogens is 1. The maximum absolute atomic E-state index is 11.3. The maximum Gasteiger partial charge on any atom is 0.226 e. The number of halogens is 1. The number of methoxy groups -OCH3 is 1. The van der Waals surface area contributed by atoms with Crippen molar-refractivity contribution >= 4 is 27.5 Å². The fraction of sp³-hybridized carbons (Fsp3) is 0.333. The van der Waals surface area contributed by atoms with Gasteiger partial charge in [-0.1, -0.05) is 0 Å². The first-order valence-corrected chi connectivity index (χ1v) is 4.92. The largest absolute Gasteiger partial charge is 0.384 e. The van der Waals surface area contributed by atoms with Crippen LogP contribution in [0.1, 0.15) is 6.42 Å². The minimum atomic E-state index is -0.0649. The van der Waals surface area contributed by atoms with Crippen molar-refractivity contribution in [3.05, 3.63) is 22.9 Å². The number of amides is 1. The summed E-state index contributed by atoms with van der Waals surface area (Å²) in [5.74, 6) is -0.0649. The Morgan fingerprint density at radius 2 is 2.50 bits per heavy atom. The number of hydrogen-bond acceptors (Lipinski definition) is 3. The normalized spacial score (nSPS) is 9.86. The average molecular weight is 259 g/mol. The second kappa shape index (κ2) is 5.72. The van der Waals surface area contributed by atoms with E-state index in [4.69, 9.17) is 4.74 Å². The summed E-state index contributed by atoms with van der Waals surface area (Å²) in [5, 5.41) is 2.73. The summed E-state index contributed by atoms with van der Waals surface area (Å²) < 4.78 is 5.49. The molecule has 0 aliphatic rings. The number of nitrogens with one attached hydrogen (secondary N) is 1. The summed E-state index contributed by atoms with van der Waals surface area (Å²) in [6.45, 7) is 0.429. The molecule has 0 fully saturated rings. The van der Waals surface area contributed by atoms with E-state index in [0.717, 1.165) is 5.69 Å². The Bertz CT molecular complexity index is 317. The highest BCUT2D eigenvalue weighted by Crippen LogP contribution is 2.12. The molecule has 1 heterocycles. The quantitative estimate of drug-likeness (QED) is 0.839. The Labute approximate surface area is 90.8 Å². The van der Waals surface area contributed by atoms with Gasteiger partial charge in [0.05, 0.1) is 13.0 Å². The highest BCUT2D eigenvalue weighted by atomic mass is 79.9. The molecular weight excluding hydrogens is 248 g/mol. The van der Waals surface area contributed by atoms with Crippen molar-refractivity contribution in [3.8, 4) is 0 Å². The predicted molar refractivity (Wildman–Crippen MR) is 57.1 cm³/mol. The first kappa shape index (κ1) is 11.1. The average Bonchev–Trinajstić information content (AvgIpc) is 2.15. The van der Waals surface area contributed by atoms with Crippen LogP contribution < -0.4 is 5.32 Å². The van der Waals surface area contributed by atoms with Crippen molar-refractivity contribution in [2.45, 2.75) is 6.42 Å². The number of pyridine rings is 1. The molecule has 0 atom stereocenters. The van der Waals surface area contributed by atoms with Crippen LogP contribution in [0.3, 0.4) is 0 Å². The third-order valence-corrected chi connectivity index (χ3v) is 1.98. The summed E-state index contributed by atoms with van der Waals surface area (Å²) >= 11 is 3.22. The van der Waals surface area contributed by atoms with Gasteiger partial charge in [0.1, 0.15) is 4.60 Å². The second-order valence-corrected chi connectivity index (χ2v) is 3.47. The molecule has 1 aromatic heterocycles. The number of carbonyl (C=O) groups is 1. The Morgan fingerprint density at radius 3 is 3.14 bits per heavy atom. The van der Waals surface area contributed by atoms with Crippen molar-refractivity contribution < 1.29 is 9.53 Å². The van der Waals surface area contributed by atoms with Gasteiger partial charge in [0, 0.05) is 19.0 Å². The van der Waals surface area contributed by atoms with Crippen LogP contribution in [0.25, 0.3) is 0 Å². The molecule has 5 heteroatoms. The van der Waals surface area contributed by atoms with Gasteiger partial charge in [0.25, 0.3) is 0 Å². The summed E-state index contributed by atoms with van der Waals surface area (Å²) in [4.78, 5) is 15.2. The van der Waals surface area contributed by atoms with E-state index < -0.39 is 0 Å². The van der Waals surface area contributed by atoms with Gasteiger partial charge in [-0.05, 0) is 28.1 Å². The lowest BCUT2D eigenvalue weighted by atomic mass is 10.3. The molecule has 0 saturated heterocycles. The molecule has 0 saturated carbocycles. The van der Waals surface area contributed by atoms with Gasteiger partial charge in [-0.3, -0.25) is 4.79 Å². The molecule has 1 rings (SSSR count). The van der Waals surface area contributed by atoms with Gasteiger partial charge >= 0.3 is 0 Å². The third-order valence-electron chi connectivity index (χ3n) is 1.54. The van der Waals surface area contributed by atoms with Crippen molar-refractivity contribution in [1.82, 2.24) is 4.98 Å². The molecule has 14 heavy (non-hydrogen) atoms. The fourth-order valence-electron chi connectivity index (χ4n) is 0.898. The fourth-order valence-corrected chi connectivity index (χ4v) is 1.26. The highest BCUT2D eigenvalue weighted by molar-refractivity contribution is 9.10. The zero-order chi connectivity index (χ0) is 10.4. The van der Waals surface area contributed by atoms with E-state index in [1.165, 1.54) is 0 Å². The molecule has 0 spiro atoms. The number of anilines is 1. The standard InChI is InChI=1S/C9H11BrN2O2/c1-14-5-3-9(13)12-7-2-4-11-8(10)6-7/h2,4,6H,3,5H2,1H3,(H,11,12,13). The van der Waals surface area contributed by atoms with Crippen LogP contribution in [0, 0.1) is 0 Å². The molecule has 0 radical (unpaired) electrons. The van der Waals surface area contributed by atoms with E-state index >= 15 is 0 Å². The number of rotatable bonds is 4. The summed E-state index contributed by atoms with van der Waals surface area (Å²) in [6.07, 6.45) is 1.98. The van der Waals surface area contributed by atoms with Gasteiger partial charge < -0.3 is 10.1 Å². The molecule has 1 N–H and O–H groups in total. The van der Waals surface area contributed by atoms with Crippen molar-refractivity contribution in [2.75, 3.05) is 19.0 Å². The van der Waals surface area contributed by atoms with Crippen molar-refractivity contribution in [3.63, 3.8) is 0 Å². The van der Waals surface area contributed by atoms with E-state index in [0.29, 0.717) is 17.6 Å². The lowest BCUT2D eigenvalue weighted by molar-refractivity contribution is -0.117. The molecule has 0 aliphatic carbocycles. The van der Waals surface area contributed by atoms with E-state index in [2.05, 4.69) is 26.2 Å². The van der Waals surface area contributed by atoms with Crippen LogP contribution in [-0.2, 0) is 9.53 Å².